The van der Waals surface area contributed by atoms with Gasteiger partial charge in [0.1, 0.15) is 5.75 Å². The highest BCUT2D eigenvalue weighted by molar-refractivity contribution is 5.85. The second kappa shape index (κ2) is 6.48. The monoisotopic (exact) mass is 283 g/mol. The van der Waals surface area contributed by atoms with Gasteiger partial charge in [-0.15, -0.1) is 0 Å². The number of hydrogen-bond donors (Lipinski definition) is 2. The van der Waals surface area contributed by atoms with E-state index in [1.54, 1.807) is 7.11 Å². The van der Waals surface area contributed by atoms with Crippen LogP contribution < -0.4 is 15.4 Å². The third-order valence-electron chi connectivity index (χ3n) is 3.72. The number of hydrogen-bond acceptors (Lipinski definition) is 4. The van der Waals surface area contributed by atoms with Crippen molar-refractivity contribution < 1.29 is 4.74 Å². The molecule has 0 radical (unpaired) electrons. The van der Waals surface area contributed by atoms with Crippen LogP contribution in [0.15, 0.2) is 41.4 Å². The van der Waals surface area contributed by atoms with Crippen molar-refractivity contribution in [2.45, 2.75) is 19.4 Å². The van der Waals surface area contributed by atoms with Crippen LogP contribution in [-0.2, 0) is 6.54 Å². The Hall–Kier alpha value is -2.23. The molecule has 0 saturated heterocycles. The van der Waals surface area contributed by atoms with E-state index < -0.39 is 0 Å². The lowest BCUT2D eigenvalue weighted by Gasteiger charge is -2.11. The van der Waals surface area contributed by atoms with Crippen LogP contribution in [0.5, 0.6) is 5.75 Å². The van der Waals surface area contributed by atoms with Gasteiger partial charge in [0.05, 0.1) is 7.11 Å². The van der Waals surface area contributed by atoms with Crippen molar-refractivity contribution in [3.05, 3.63) is 42.0 Å². The van der Waals surface area contributed by atoms with E-state index >= 15 is 0 Å². The van der Waals surface area contributed by atoms with Crippen molar-refractivity contribution in [3.63, 3.8) is 0 Å². The van der Waals surface area contributed by atoms with E-state index in [2.05, 4.69) is 46.0 Å². The zero-order valence-electron chi connectivity index (χ0n) is 12.4. The van der Waals surface area contributed by atoms with Gasteiger partial charge in [0.15, 0.2) is 5.96 Å². The lowest BCUT2D eigenvalue weighted by molar-refractivity contribution is 0.415. The van der Waals surface area contributed by atoms with E-state index in [1.807, 2.05) is 6.07 Å². The Balaban J connectivity index is 1.71. The molecule has 0 amide bonds. The summed E-state index contributed by atoms with van der Waals surface area (Å²) in [5.74, 6) is 1.81. The van der Waals surface area contributed by atoms with E-state index in [9.17, 15) is 0 Å². The van der Waals surface area contributed by atoms with Crippen LogP contribution in [0, 0.1) is 0 Å². The SMILES string of the molecule is COc1ccc2cc(CNC3=NCCCCN3)ccc2c1. The Morgan fingerprint density at radius 3 is 2.90 bits per heavy atom. The van der Waals surface area contributed by atoms with Crippen molar-refractivity contribution in [2.24, 2.45) is 4.99 Å². The zero-order chi connectivity index (χ0) is 14.5. The van der Waals surface area contributed by atoms with E-state index in [0.29, 0.717) is 0 Å². The number of aliphatic imine (C=N–C) groups is 1. The Morgan fingerprint density at radius 2 is 2.00 bits per heavy atom. The molecule has 2 aromatic rings. The number of nitrogens with one attached hydrogen (secondary N) is 2. The highest BCUT2D eigenvalue weighted by Crippen LogP contribution is 2.21. The third-order valence-corrected chi connectivity index (χ3v) is 3.72. The largest absolute Gasteiger partial charge is 0.497 e. The predicted molar refractivity (Wildman–Crippen MR) is 86.9 cm³/mol. The van der Waals surface area contributed by atoms with Crippen LogP contribution in [0.3, 0.4) is 0 Å². The first-order chi connectivity index (χ1) is 10.3. The molecule has 21 heavy (non-hydrogen) atoms. The molecule has 0 bridgehead atoms. The summed E-state index contributed by atoms with van der Waals surface area (Å²) in [5, 5.41) is 9.13. The van der Waals surface area contributed by atoms with Crippen molar-refractivity contribution in [1.29, 1.82) is 0 Å². The molecule has 0 fully saturated rings. The molecule has 1 aliphatic heterocycles. The molecule has 0 aromatic heterocycles. The zero-order valence-corrected chi connectivity index (χ0v) is 12.4. The minimum Gasteiger partial charge on any atom is -0.497 e. The molecule has 1 aliphatic rings. The topological polar surface area (TPSA) is 45.6 Å². The van der Waals surface area contributed by atoms with Gasteiger partial charge in [0, 0.05) is 19.6 Å². The van der Waals surface area contributed by atoms with E-state index in [-0.39, 0.29) is 0 Å². The highest BCUT2D eigenvalue weighted by Gasteiger charge is 2.03. The average Bonchev–Trinajstić information content (AvgIpc) is 2.81. The van der Waals surface area contributed by atoms with Gasteiger partial charge in [-0.25, -0.2) is 0 Å². The van der Waals surface area contributed by atoms with E-state index in [0.717, 1.165) is 37.8 Å². The van der Waals surface area contributed by atoms with Gasteiger partial charge in [0.25, 0.3) is 0 Å². The second-order valence-electron chi connectivity index (χ2n) is 5.27. The van der Waals surface area contributed by atoms with Gasteiger partial charge in [-0.1, -0.05) is 18.2 Å². The molecule has 2 N–H and O–H groups in total. The normalized spacial score (nSPS) is 15.0. The summed E-state index contributed by atoms with van der Waals surface area (Å²) in [4.78, 5) is 4.50. The first-order valence-electron chi connectivity index (χ1n) is 7.44. The third kappa shape index (κ3) is 3.45. The summed E-state index contributed by atoms with van der Waals surface area (Å²) in [5.41, 5.74) is 1.25. The van der Waals surface area contributed by atoms with Crippen LogP contribution in [-0.4, -0.2) is 26.2 Å². The van der Waals surface area contributed by atoms with Gasteiger partial charge in [-0.05, 0) is 47.4 Å². The van der Waals surface area contributed by atoms with E-state index in [4.69, 9.17) is 4.74 Å². The lowest BCUT2D eigenvalue weighted by atomic mass is 10.1. The molecule has 0 atom stereocenters. The molecular weight excluding hydrogens is 262 g/mol. The molecular formula is C17H21N3O. The molecule has 0 saturated carbocycles. The maximum Gasteiger partial charge on any atom is 0.191 e. The smallest absolute Gasteiger partial charge is 0.191 e. The van der Waals surface area contributed by atoms with Crippen molar-refractivity contribution >= 4 is 16.7 Å². The molecule has 3 rings (SSSR count). The molecule has 4 heteroatoms. The van der Waals surface area contributed by atoms with Crippen LogP contribution in [0.2, 0.25) is 0 Å². The average molecular weight is 283 g/mol. The number of nitrogens with zero attached hydrogens (tertiary/aromatic N) is 1. The fourth-order valence-electron chi connectivity index (χ4n) is 2.50. The van der Waals surface area contributed by atoms with Crippen LogP contribution in [0.1, 0.15) is 18.4 Å². The van der Waals surface area contributed by atoms with Crippen molar-refractivity contribution in [3.8, 4) is 5.75 Å². The Labute approximate surface area is 125 Å². The highest BCUT2D eigenvalue weighted by atomic mass is 16.5. The summed E-state index contributed by atoms with van der Waals surface area (Å²) >= 11 is 0. The lowest BCUT2D eigenvalue weighted by Crippen LogP contribution is -2.36. The number of methoxy groups -OCH3 is 1. The van der Waals surface area contributed by atoms with Gasteiger partial charge < -0.3 is 15.4 Å². The summed E-state index contributed by atoms with van der Waals surface area (Å²) in [6, 6.07) is 12.6. The maximum absolute atomic E-state index is 5.25. The fourth-order valence-corrected chi connectivity index (χ4v) is 2.50. The first kappa shape index (κ1) is 13.7. The number of rotatable bonds is 3. The van der Waals surface area contributed by atoms with Crippen LogP contribution >= 0.6 is 0 Å². The quantitative estimate of drug-likeness (QED) is 0.910. The molecule has 4 nitrogen and oxygen atoms in total. The summed E-state index contributed by atoms with van der Waals surface area (Å²) in [7, 11) is 1.69. The minimum absolute atomic E-state index is 0.786. The maximum atomic E-state index is 5.25. The predicted octanol–water partition coefficient (Wildman–Crippen LogP) is 2.68. The molecule has 0 aliphatic carbocycles. The Morgan fingerprint density at radius 1 is 1.14 bits per heavy atom. The first-order valence-corrected chi connectivity index (χ1v) is 7.44. The van der Waals surface area contributed by atoms with Crippen molar-refractivity contribution in [1.82, 2.24) is 10.6 Å². The van der Waals surface area contributed by atoms with Gasteiger partial charge in [0.2, 0.25) is 0 Å². The van der Waals surface area contributed by atoms with Gasteiger partial charge in [-0.3, -0.25) is 4.99 Å². The molecule has 2 aromatic carbocycles. The summed E-state index contributed by atoms with van der Waals surface area (Å²) < 4.78 is 5.25. The number of guanidine groups is 1. The van der Waals surface area contributed by atoms with Crippen molar-refractivity contribution in [2.75, 3.05) is 20.2 Å². The summed E-state index contributed by atoms with van der Waals surface area (Å²) in [6.07, 6.45) is 2.35. The Bertz CT molecular complexity index is 652. The van der Waals surface area contributed by atoms with Crippen LogP contribution in [0.4, 0.5) is 0 Å². The minimum atomic E-state index is 0.786. The van der Waals surface area contributed by atoms with Crippen LogP contribution in [0.25, 0.3) is 10.8 Å². The molecule has 1 heterocycles. The number of ether oxygens (including phenoxy) is 1. The molecule has 0 unspecified atom stereocenters. The standard InChI is InChI=1S/C17H21N3O/c1-21-16-7-6-14-10-13(4-5-15(14)11-16)12-20-17-18-8-2-3-9-19-17/h4-7,10-11H,2-3,8-9,12H2,1H3,(H2,18,19,20). The number of fused-ring (bicyclic) bond motifs is 1. The van der Waals surface area contributed by atoms with E-state index in [1.165, 1.54) is 22.8 Å². The second-order valence-corrected chi connectivity index (χ2v) is 5.27. The molecule has 110 valence electrons. The number of benzene rings is 2. The summed E-state index contributed by atoms with van der Waals surface area (Å²) in [6.45, 7) is 2.70. The fraction of sp³-hybridized carbons (Fsp3) is 0.353. The Kier molecular flexibility index (Phi) is 4.24. The van der Waals surface area contributed by atoms with Gasteiger partial charge in [-0.2, -0.15) is 0 Å². The molecule has 0 spiro atoms. The van der Waals surface area contributed by atoms with Gasteiger partial charge >= 0.3 is 0 Å².